The lowest BCUT2D eigenvalue weighted by Gasteiger charge is -2.44. The highest BCUT2D eigenvalue weighted by Crippen LogP contribution is 2.67. The third-order valence-corrected chi connectivity index (χ3v) is 13.7. The molecule has 2 aliphatic carbocycles. The molecule has 3 fully saturated rings. The molecule has 67 heavy (non-hydrogen) atoms. The van der Waals surface area contributed by atoms with Crippen LogP contribution in [0.5, 0.6) is 0 Å². The second kappa shape index (κ2) is 27.0. The van der Waals surface area contributed by atoms with Crippen LogP contribution in [0.15, 0.2) is 125 Å². The summed E-state index contributed by atoms with van der Waals surface area (Å²) in [7, 11) is 0. The molecule has 0 spiro atoms. The van der Waals surface area contributed by atoms with Gasteiger partial charge in [-0.3, -0.25) is 14.4 Å². The molecule has 4 unspecified atom stereocenters. The van der Waals surface area contributed by atoms with Crippen LogP contribution < -0.4 is 0 Å². The monoisotopic (exact) mass is 921 g/mol. The number of epoxide rings is 1. The van der Waals surface area contributed by atoms with Gasteiger partial charge in [0.15, 0.2) is 5.78 Å². The maximum atomic E-state index is 13.6. The van der Waals surface area contributed by atoms with Crippen molar-refractivity contribution in [2.24, 2.45) is 10.8 Å². The maximum absolute atomic E-state index is 13.6. The van der Waals surface area contributed by atoms with Crippen LogP contribution in [0.2, 0.25) is 0 Å². The molecule has 2 saturated carbocycles. The number of carbonyl (C=O) groups excluding carboxylic acids is 3. The maximum Gasteiger partial charge on any atom is 0.306 e. The molecule has 0 aromatic rings. The number of ketones is 1. The molecule has 1 heterocycles. The summed E-state index contributed by atoms with van der Waals surface area (Å²) in [5.41, 5.74) is 5.12. The zero-order valence-corrected chi connectivity index (χ0v) is 43.7. The second-order valence-electron chi connectivity index (χ2n) is 21.3. The minimum absolute atomic E-state index is 0.0727. The Balaban J connectivity index is 1.40. The zero-order chi connectivity index (χ0) is 49.7. The van der Waals surface area contributed by atoms with Gasteiger partial charge in [-0.15, -0.1) is 5.73 Å². The number of esters is 2. The van der Waals surface area contributed by atoms with Crippen LogP contribution in [-0.4, -0.2) is 51.8 Å². The summed E-state index contributed by atoms with van der Waals surface area (Å²) in [5, 5.41) is 11.2. The fraction of sp³-hybridized carbons (Fsp3) is 0.600. The van der Waals surface area contributed by atoms with Crippen molar-refractivity contribution < 1.29 is 33.7 Å². The molecule has 1 N–H and O–H groups in total. The van der Waals surface area contributed by atoms with Crippen molar-refractivity contribution in [1.29, 1.82) is 0 Å². The van der Waals surface area contributed by atoms with Crippen molar-refractivity contribution in [3.63, 3.8) is 0 Å². The summed E-state index contributed by atoms with van der Waals surface area (Å²) in [4.78, 5) is 37.9. The number of ether oxygens (including phenoxy) is 3. The van der Waals surface area contributed by atoms with Crippen LogP contribution in [0, 0.1) is 10.8 Å². The molecule has 0 aromatic heterocycles. The first-order valence-corrected chi connectivity index (χ1v) is 25.4. The van der Waals surface area contributed by atoms with Crippen molar-refractivity contribution >= 4 is 17.7 Å². The van der Waals surface area contributed by atoms with Crippen LogP contribution in [0.4, 0.5) is 0 Å². The van der Waals surface area contributed by atoms with Gasteiger partial charge < -0.3 is 19.3 Å². The fourth-order valence-electron chi connectivity index (χ4n) is 10.1. The summed E-state index contributed by atoms with van der Waals surface area (Å²) in [6, 6.07) is 0. The summed E-state index contributed by atoms with van der Waals surface area (Å²) in [5.74, 6) is -0.378. The first-order chi connectivity index (χ1) is 31.6. The number of aliphatic hydroxyl groups is 1. The van der Waals surface area contributed by atoms with E-state index in [1.165, 1.54) is 45.4 Å². The van der Waals surface area contributed by atoms with E-state index in [0.717, 1.165) is 54.4 Å². The number of hydrogen-bond acceptors (Lipinski definition) is 7. The van der Waals surface area contributed by atoms with E-state index in [9.17, 15) is 19.5 Å². The van der Waals surface area contributed by atoms with Gasteiger partial charge in [0.05, 0.1) is 11.2 Å². The first kappa shape index (κ1) is 57.0. The molecule has 0 bridgehead atoms. The molecule has 7 nitrogen and oxygen atoms in total. The van der Waals surface area contributed by atoms with Gasteiger partial charge in [0.1, 0.15) is 17.8 Å². The molecule has 5 atom stereocenters. The predicted molar refractivity (Wildman–Crippen MR) is 277 cm³/mol. The molecular formula is C60H88O7. The lowest BCUT2D eigenvalue weighted by atomic mass is 9.61. The van der Waals surface area contributed by atoms with E-state index in [-0.39, 0.29) is 40.8 Å². The normalized spacial score (nSPS) is 26.7. The van der Waals surface area contributed by atoms with Crippen LogP contribution in [0.1, 0.15) is 192 Å². The Kier molecular flexibility index (Phi) is 23.0. The standard InChI is InChI=1S/C60H88O7/c1-13-14-15-16-17-18-19-20-21-22-23-24-25-26-27-38-55(63)66-52-42-57(9,10)60(59(12,44-52)67-60)45-53(62)49(5)37-31-36-47(3)33-29-28-32-46(2)34-30-35-48(4)39-40-54-56(7,8)41-51(65-50(6)61)43-58(54,11)64/h17-18,20-21,28-37,39,51-52,64H,13-16,19,22-27,38,41-45H2,1-12H3/t40?,51?,52?,58-,59?,60?/m1/s1. The summed E-state index contributed by atoms with van der Waals surface area (Å²) < 4.78 is 17.9. The topological polar surface area (TPSA) is 102 Å². The minimum Gasteiger partial charge on any atom is -0.462 e. The summed E-state index contributed by atoms with van der Waals surface area (Å²) in [6.07, 6.45) is 46.1. The first-order valence-electron chi connectivity index (χ1n) is 25.4. The molecule has 0 radical (unpaired) electrons. The van der Waals surface area contributed by atoms with Crippen LogP contribution in [0.3, 0.4) is 0 Å². The van der Waals surface area contributed by atoms with Gasteiger partial charge in [-0.05, 0) is 116 Å². The molecule has 1 aliphatic heterocycles. The van der Waals surface area contributed by atoms with Crippen molar-refractivity contribution in [3.8, 4) is 0 Å². The highest BCUT2D eigenvalue weighted by atomic mass is 16.6. The van der Waals surface area contributed by atoms with Gasteiger partial charge in [0.2, 0.25) is 0 Å². The molecular weight excluding hydrogens is 833 g/mol. The van der Waals surface area contributed by atoms with E-state index in [1.807, 2.05) is 94.5 Å². The van der Waals surface area contributed by atoms with E-state index in [2.05, 4.69) is 71.6 Å². The highest BCUT2D eigenvalue weighted by molar-refractivity contribution is 5.96. The molecule has 370 valence electrons. The summed E-state index contributed by atoms with van der Waals surface area (Å²) in [6.45, 7) is 23.8. The SMILES string of the molecule is CCCCCC=CCC=CCCCCCCCC(=O)OC1CC(C)(C)C2(CC(=O)C(C)=CC=CC(C)=CC=CC=C(C)C=CC=C(C)C=C=C3C(C)(C)CC(OC(C)=O)C[C@@]3(C)O)OC2(C)C1. The average Bonchev–Trinajstić information content (AvgIpc) is 3.84. The number of hydrogen-bond donors (Lipinski definition) is 1. The van der Waals surface area contributed by atoms with Crippen molar-refractivity contribution in [3.05, 3.63) is 125 Å². The Morgan fingerprint density at radius 3 is 1.84 bits per heavy atom. The van der Waals surface area contributed by atoms with Crippen LogP contribution in [0.25, 0.3) is 0 Å². The summed E-state index contributed by atoms with van der Waals surface area (Å²) >= 11 is 0. The number of Topliss-reactive ketones (excluding diaryl/α,β-unsaturated/α-hetero) is 1. The van der Waals surface area contributed by atoms with Gasteiger partial charge in [0, 0.05) is 43.6 Å². The van der Waals surface area contributed by atoms with Crippen molar-refractivity contribution in [2.45, 2.75) is 221 Å². The smallest absolute Gasteiger partial charge is 0.306 e. The van der Waals surface area contributed by atoms with Crippen molar-refractivity contribution in [1.82, 2.24) is 0 Å². The van der Waals surface area contributed by atoms with Gasteiger partial charge in [-0.2, -0.15) is 0 Å². The molecule has 3 aliphatic rings. The third kappa shape index (κ3) is 19.0. The quantitative estimate of drug-likeness (QED) is 0.0175. The van der Waals surface area contributed by atoms with E-state index < -0.39 is 16.8 Å². The predicted octanol–water partition coefficient (Wildman–Crippen LogP) is 15.1. The van der Waals surface area contributed by atoms with Gasteiger partial charge in [0.25, 0.3) is 0 Å². The Morgan fingerprint density at radius 1 is 0.672 bits per heavy atom. The van der Waals surface area contributed by atoms with E-state index in [0.29, 0.717) is 44.1 Å². The van der Waals surface area contributed by atoms with E-state index >= 15 is 0 Å². The van der Waals surface area contributed by atoms with E-state index in [1.54, 1.807) is 6.92 Å². The number of fused-ring (bicyclic) bond motifs is 1. The van der Waals surface area contributed by atoms with Gasteiger partial charge in [-0.1, -0.05) is 163 Å². The van der Waals surface area contributed by atoms with E-state index in [4.69, 9.17) is 14.2 Å². The lowest BCUT2D eigenvalue weighted by Crippen LogP contribution is -2.49. The van der Waals surface area contributed by atoms with Crippen molar-refractivity contribution in [2.75, 3.05) is 0 Å². The third-order valence-electron chi connectivity index (χ3n) is 13.7. The van der Waals surface area contributed by atoms with Crippen LogP contribution in [-0.2, 0) is 28.6 Å². The number of allylic oxidation sites excluding steroid dienone is 18. The molecule has 0 aromatic carbocycles. The minimum atomic E-state index is -1.12. The molecule has 7 heteroatoms. The Hall–Kier alpha value is -4.29. The van der Waals surface area contributed by atoms with Crippen LogP contribution >= 0.6 is 0 Å². The Bertz CT molecular complexity index is 2000. The Labute approximate surface area is 406 Å². The molecule has 3 rings (SSSR count). The molecule has 1 saturated heterocycles. The number of unbranched alkanes of at least 4 members (excludes halogenated alkanes) is 8. The zero-order valence-electron chi connectivity index (χ0n) is 43.7. The Morgan fingerprint density at radius 2 is 1.24 bits per heavy atom. The number of rotatable bonds is 26. The highest BCUT2D eigenvalue weighted by Gasteiger charge is 2.76. The fourth-order valence-corrected chi connectivity index (χ4v) is 10.1. The molecule has 0 amide bonds. The average molecular weight is 921 g/mol. The largest absolute Gasteiger partial charge is 0.462 e. The second-order valence-corrected chi connectivity index (χ2v) is 21.3. The van der Waals surface area contributed by atoms with Gasteiger partial charge in [-0.25, -0.2) is 0 Å². The number of carbonyl (C=O) groups is 3. The van der Waals surface area contributed by atoms with Gasteiger partial charge >= 0.3 is 11.9 Å². The lowest BCUT2D eigenvalue weighted by molar-refractivity contribution is -0.154.